The standard InChI is InChI=1S/C17H25NO3/c1-13-5-2-7-15(11-13)21-10-4-9-17(20)18-16-8-3-6-14(16)12-19/h2,5,7,11,14,16,19H,3-4,6,8-10,12H2,1H3,(H,18,20). The molecule has 0 radical (unpaired) electrons. The first-order chi connectivity index (χ1) is 10.2. The van der Waals surface area contributed by atoms with Gasteiger partial charge in [-0.25, -0.2) is 0 Å². The molecular formula is C17H25NO3. The number of ether oxygens (including phenoxy) is 1. The Morgan fingerprint density at radius 2 is 2.29 bits per heavy atom. The first-order valence-electron chi connectivity index (χ1n) is 7.78. The van der Waals surface area contributed by atoms with Crippen molar-refractivity contribution in [1.82, 2.24) is 5.32 Å². The number of amides is 1. The molecule has 4 heteroatoms. The van der Waals surface area contributed by atoms with Gasteiger partial charge in [-0.1, -0.05) is 18.6 Å². The lowest BCUT2D eigenvalue weighted by Crippen LogP contribution is -2.38. The van der Waals surface area contributed by atoms with Crippen molar-refractivity contribution < 1.29 is 14.6 Å². The molecule has 1 aliphatic rings. The van der Waals surface area contributed by atoms with Crippen LogP contribution in [0.5, 0.6) is 5.75 Å². The second kappa shape index (κ2) is 8.03. The summed E-state index contributed by atoms with van der Waals surface area (Å²) in [6, 6.07) is 8.06. The van der Waals surface area contributed by atoms with E-state index in [1.165, 1.54) is 5.56 Å². The van der Waals surface area contributed by atoms with Crippen LogP contribution in [0.2, 0.25) is 0 Å². The molecule has 1 aromatic rings. The zero-order chi connectivity index (χ0) is 15.1. The molecule has 2 unspecified atom stereocenters. The van der Waals surface area contributed by atoms with E-state index in [0.29, 0.717) is 19.4 Å². The van der Waals surface area contributed by atoms with Crippen LogP contribution in [0.15, 0.2) is 24.3 Å². The molecule has 2 N–H and O–H groups in total. The fourth-order valence-electron chi connectivity index (χ4n) is 2.85. The van der Waals surface area contributed by atoms with Crippen LogP contribution in [-0.4, -0.2) is 30.3 Å². The van der Waals surface area contributed by atoms with Crippen molar-refractivity contribution in [2.45, 2.75) is 45.1 Å². The minimum absolute atomic E-state index is 0.0631. The number of aliphatic hydroxyl groups is 1. The summed E-state index contributed by atoms with van der Waals surface area (Å²) in [6.07, 6.45) is 4.26. The maximum atomic E-state index is 11.9. The number of rotatable bonds is 7. The van der Waals surface area contributed by atoms with Crippen molar-refractivity contribution in [2.24, 2.45) is 5.92 Å². The second-order valence-electron chi connectivity index (χ2n) is 5.82. The van der Waals surface area contributed by atoms with Crippen LogP contribution in [0.25, 0.3) is 0 Å². The molecule has 0 aliphatic heterocycles. The SMILES string of the molecule is Cc1cccc(OCCCC(=O)NC2CCCC2CO)c1. The Balaban J connectivity index is 1.63. The van der Waals surface area contributed by atoms with Gasteiger partial charge in [0.2, 0.25) is 5.91 Å². The minimum atomic E-state index is 0.0631. The molecule has 0 saturated heterocycles. The molecule has 1 aromatic carbocycles. The molecule has 1 saturated carbocycles. The molecule has 0 heterocycles. The highest BCUT2D eigenvalue weighted by Crippen LogP contribution is 2.25. The maximum absolute atomic E-state index is 11.9. The highest BCUT2D eigenvalue weighted by molar-refractivity contribution is 5.76. The average Bonchev–Trinajstić information content (AvgIpc) is 2.91. The summed E-state index contributed by atoms with van der Waals surface area (Å²) < 4.78 is 5.63. The maximum Gasteiger partial charge on any atom is 0.220 e. The van der Waals surface area contributed by atoms with Gasteiger partial charge in [0.25, 0.3) is 0 Å². The third kappa shape index (κ3) is 5.05. The highest BCUT2D eigenvalue weighted by atomic mass is 16.5. The van der Waals surface area contributed by atoms with Gasteiger partial charge in [-0.2, -0.15) is 0 Å². The summed E-state index contributed by atoms with van der Waals surface area (Å²) in [6.45, 7) is 2.74. The molecule has 0 bridgehead atoms. The van der Waals surface area contributed by atoms with Gasteiger partial charge in [0.05, 0.1) is 6.61 Å². The van der Waals surface area contributed by atoms with Crippen LogP contribution in [0, 0.1) is 12.8 Å². The van der Waals surface area contributed by atoms with E-state index < -0.39 is 0 Å². The van der Waals surface area contributed by atoms with Crippen LogP contribution in [0.1, 0.15) is 37.7 Å². The van der Waals surface area contributed by atoms with Crippen LogP contribution >= 0.6 is 0 Å². The largest absolute Gasteiger partial charge is 0.494 e. The van der Waals surface area contributed by atoms with Gasteiger partial charge in [0.15, 0.2) is 0 Å². The molecule has 21 heavy (non-hydrogen) atoms. The average molecular weight is 291 g/mol. The summed E-state index contributed by atoms with van der Waals surface area (Å²) in [4.78, 5) is 11.9. The van der Waals surface area contributed by atoms with Gasteiger partial charge in [0.1, 0.15) is 5.75 Å². The minimum Gasteiger partial charge on any atom is -0.494 e. The van der Waals surface area contributed by atoms with E-state index >= 15 is 0 Å². The summed E-state index contributed by atoms with van der Waals surface area (Å²) in [5.41, 5.74) is 1.17. The number of carbonyl (C=O) groups is 1. The van der Waals surface area contributed by atoms with Crippen LogP contribution in [0.3, 0.4) is 0 Å². The Kier molecular flexibility index (Phi) is 6.05. The third-order valence-electron chi connectivity index (χ3n) is 4.05. The van der Waals surface area contributed by atoms with Crippen molar-refractivity contribution >= 4 is 5.91 Å². The van der Waals surface area contributed by atoms with E-state index in [-0.39, 0.29) is 24.5 Å². The number of carbonyl (C=O) groups excluding carboxylic acids is 1. The van der Waals surface area contributed by atoms with Crippen LogP contribution in [-0.2, 0) is 4.79 Å². The number of nitrogens with one attached hydrogen (secondary N) is 1. The smallest absolute Gasteiger partial charge is 0.220 e. The molecule has 4 nitrogen and oxygen atoms in total. The van der Waals surface area contributed by atoms with E-state index in [1.54, 1.807) is 0 Å². The van der Waals surface area contributed by atoms with Gasteiger partial charge >= 0.3 is 0 Å². The Hall–Kier alpha value is -1.55. The lowest BCUT2D eigenvalue weighted by atomic mass is 10.0. The Labute approximate surface area is 126 Å². The Bertz CT molecular complexity index is 461. The molecule has 1 aliphatic carbocycles. The van der Waals surface area contributed by atoms with Gasteiger partial charge in [-0.05, 0) is 43.9 Å². The molecular weight excluding hydrogens is 266 g/mol. The van der Waals surface area contributed by atoms with Crippen molar-refractivity contribution in [1.29, 1.82) is 0 Å². The summed E-state index contributed by atoms with van der Waals surface area (Å²) in [5, 5.41) is 12.3. The van der Waals surface area contributed by atoms with Crippen molar-refractivity contribution in [3.05, 3.63) is 29.8 Å². The topological polar surface area (TPSA) is 58.6 Å². The molecule has 0 spiro atoms. The number of aryl methyl sites for hydroxylation is 1. The van der Waals surface area contributed by atoms with Gasteiger partial charge in [0, 0.05) is 25.0 Å². The number of aliphatic hydroxyl groups excluding tert-OH is 1. The van der Waals surface area contributed by atoms with Gasteiger partial charge in [-0.3, -0.25) is 4.79 Å². The highest BCUT2D eigenvalue weighted by Gasteiger charge is 2.27. The molecule has 2 atom stereocenters. The van der Waals surface area contributed by atoms with Crippen LogP contribution in [0.4, 0.5) is 0 Å². The molecule has 0 aromatic heterocycles. The van der Waals surface area contributed by atoms with Gasteiger partial charge in [-0.15, -0.1) is 0 Å². The van der Waals surface area contributed by atoms with E-state index in [9.17, 15) is 9.90 Å². The van der Waals surface area contributed by atoms with Gasteiger partial charge < -0.3 is 15.2 Å². The lowest BCUT2D eigenvalue weighted by Gasteiger charge is -2.19. The van der Waals surface area contributed by atoms with Crippen LogP contribution < -0.4 is 10.1 Å². The number of benzene rings is 1. The third-order valence-corrected chi connectivity index (χ3v) is 4.05. The monoisotopic (exact) mass is 291 g/mol. The molecule has 1 fully saturated rings. The Morgan fingerprint density at radius 3 is 3.05 bits per heavy atom. The van der Waals surface area contributed by atoms with E-state index in [4.69, 9.17) is 4.74 Å². The predicted octanol–water partition coefficient (Wildman–Crippen LogP) is 2.43. The number of hydrogen-bond donors (Lipinski definition) is 2. The normalized spacial score (nSPS) is 21.2. The van der Waals surface area contributed by atoms with Crippen molar-refractivity contribution in [2.75, 3.05) is 13.2 Å². The zero-order valence-electron chi connectivity index (χ0n) is 12.7. The lowest BCUT2D eigenvalue weighted by molar-refractivity contribution is -0.122. The molecule has 2 rings (SSSR count). The quantitative estimate of drug-likeness (QED) is 0.759. The summed E-state index contributed by atoms with van der Waals surface area (Å²) in [5.74, 6) is 1.15. The summed E-state index contributed by atoms with van der Waals surface area (Å²) >= 11 is 0. The number of hydrogen-bond acceptors (Lipinski definition) is 3. The van der Waals surface area contributed by atoms with E-state index in [2.05, 4.69) is 5.32 Å². The fraction of sp³-hybridized carbons (Fsp3) is 0.588. The first-order valence-corrected chi connectivity index (χ1v) is 7.78. The predicted molar refractivity (Wildman–Crippen MR) is 82.3 cm³/mol. The van der Waals surface area contributed by atoms with Crippen molar-refractivity contribution in [3.8, 4) is 5.75 Å². The van der Waals surface area contributed by atoms with E-state index in [0.717, 1.165) is 25.0 Å². The molecule has 1 amide bonds. The second-order valence-corrected chi connectivity index (χ2v) is 5.82. The van der Waals surface area contributed by atoms with Crippen molar-refractivity contribution in [3.63, 3.8) is 0 Å². The first kappa shape index (κ1) is 15.8. The molecule has 116 valence electrons. The fourth-order valence-corrected chi connectivity index (χ4v) is 2.85. The Morgan fingerprint density at radius 1 is 1.43 bits per heavy atom. The zero-order valence-corrected chi connectivity index (χ0v) is 12.7. The van der Waals surface area contributed by atoms with E-state index in [1.807, 2.05) is 31.2 Å². The summed E-state index contributed by atoms with van der Waals surface area (Å²) in [7, 11) is 0.